The van der Waals surface area contributed by atoms with Gasteiger partial charge in [-0.15, -0.1) is 0 Å². The van der Waals surface area contributed by atoms with Crippen LogP contribution in [0.5, 0.6) is 0 Å². The molecular weight excluding hydrogens is 402 g/mol. The summed E-state index contributed by atoms with van der Waals surface area (Å²) in [4.78, 5) is 22.9. The number of carbonyl (C=O) groups is 2. The molecule has 0 heterocycles. The predicted molar refractivity (Wildman–Crippen MR) is 122 cm³/mol. The Morgan fingerprint density at radius 2 is 1.94 bits per heavy atom. The summed E-state index contributed by atoms with van der Waals surface area (Å²) < 4.78 is 0. The minimum absolute atomic E-state index is 0.160. The summed E-state index contributed by atoms with van der Waals surface area (Å²) in [6, 6.07) is 12.9. The van der Waals surface area contributed by atoms with E-state index in [-0.39, 0.29) is 5.41 Å². The average Bonchev–Trinajstić information content (AvgIpc) is 3.03. The molecule has 0 aliphatic heterocycles. The SMILES string of the molecule is C[C@]12CC[C@@H]3c4ccc(C(=O)O)cc4CC[C@H]3[C@@H]1CC(=Cc1cccc(C(N)=O)c1)[C@@H]2O. The first-order valence-electron chi connectivity index (χ1n) is 11.4. The topological polar surface area (TPSA) is 101 Å². The maximum atomic E-state index is 11.5. The standard InChI is InChI=1S/C27H29NO4/c1-27-10-9-21-20-7-6-18(26(31)32)13-16(20)5-8-22(21)23(27)14-19(24(27)29)12-15-3-2-4-17(11-15)25(28)30/h2-4,6-7,11-13,21-24,29H,5,8-10,14H2,1H3,(H2,28,30)(H,31,32)/t21-,22-,23+,24+,27+/m1/s1. The minimum atomic E-state index is -0.875. The first-order valence-corrected chi connectivity index (χ1v) is 11.4. The summed E-state index contributed by atoms with van der Waals surface area (Å²) in [5.41, 5.74) is 10.5. The van der Waals surface area contributed by atoms with Gasteiger partial charge in [-0.05, 0) is 96.4 Å². The zero-order valence-electron chi connectivity index (χ0n) is 18.3. The Morgan fingerprint density at radius 3 is 2.69 bits per heavy atom. The van der Waals surface area contributed by atoms with Gasteiger partial charge >= 0.3 is 5.97 Å². The van der Waals surface area contributed by atoms with Gasteiger partial charge in [0.05, 0.1) is 11.7 Å². The second-order valence-corrected chi connectivity index (χ2v) is 9.99. The first kappa shape index (κ1) is 21.0. The third-order valence-electron chi connectivity index (χ3n) is 8.37. The summed E-state index contributed by atoms with van der Waals surface area (Å²) in [6.07, 6.45) is 6.25. The van der Waals surface area contributed by atoms with Crippen LogP contribution in [0.1, 0.15) is 75.9 Å². The van der Waals surface area contributed by atoms with Crippen molar-refractivity contribution < 1.29 is 19.8 Å². The molecule has 0 saturated heterocycles. The van der Waals surface area contributed by atoms with E-state index in [1.165, 1.54) is 11.1 Å². The van der Waals surface area contributed by atoms with Gasteiger partial charge in [-0.2, -0.15) is 0 Å². The summed E-state index contributed by atoms with van der Waals surface area (Å²) in [5, 5.41) is 20.7. The highest BCUT2D eigenvalue weighted by molar-refractivity contribution is 5.93. The second kappa shape index (κ2) is 7.59. The van der Waals surface area contributed by atoms with Crippen LogP contribution in [0.4, 0.5) is 0 Å². The lowest BCUT2D eigenvalue weighted by molar-refractivity contribution is -0.0158. The molecule has 3 aliphatic rings. The van der Waals surface area contributed by atoms with Gasteiger partial charge in [0.15, 0.2) is 0 Å². The number of nitrogens with two attached hydrogens (primary N) is 1. The molecule has 2 fully saturated rings. The average molecular weight is 432 g/mol. The molecule has 2 aromatic rings. The van der Waals surface area contributed by atoms with Crippen LogP contribution < -0.4 is 5.73 Å². The van der Waals surface area contributed by atoms with Crippen LogP contribution in [0.3, 0.4) is 0 Å². The number of aliphatic hydroxyl groups is 1. The molecule has 3 aliphatic carbocycles. The third kappa shape index (κ3) is 3.27. The molecule has 2 saturated carbocycles. The zero-order chi connectivity index (χ0) is 22.6. The summed E-state index contributed by atoms with van der Waals surface area (Å²) in [6.45, 7) is 2.22. The fraction of sp³-hybridized carbons (Fsp3) is 0.407. The van der Waals surface area contributed by atoms with Crippen molar-refractivity contribution in [3.8, 4) is 0 Å². The molecule has 1 amide bonds. The molecule has 5 atom stereocenters. The van der Waals surface area contributed by atoms with Crippen LogP contribution in [-0.4, -0.2) is 28.2 Å². The third-order valence-corrected chi connectivity index (χ3v) is 8.37. The Kier molecular flexibility index (Phi) is 4.97. The van der Waals surface area contributed by atoms with Gasteiger partial charge in [0.25, 0.3) is 0 Å². The number of amides is 1. The summed E-state index contributed by atoms with van der Waals surface area (Å²) in [7, 11) is 0. The molecule has 0 radical (unpaired) electrons. The van der Waals surface area contributed by atoms with E-state index in [0.717, 1.165) is 43.2 Å². The smallest absolute Gasteiger partial charge is 0.335 e. The number of aliphatic hydroxyl groups excluding tert-OH is 1. The van der Waals surface area contributed by atoms with Crippen molar-refractivity contribution in [2.45, 2.75) is 51.0 Å². The number of carboxylic acids is 1. The van der Waals surface area contributed by atoms with Crippen molar-refractivity contribution in [3.63, 3.8) is 0 Å². The van der Waals surface area contributed by atoms with E-state index in [4.69, 9.17) is 5.73 Å². The largest absolute Gasteiger partial charge is 0.478 e. The molecule has 4 N–H and O–H groups in total. The van der Waals surface area contributed by atoms with E-state index in [0.29, 0.717) is 28.9 Å². The molecular formula is C27H29NO4. The fourth-order valence-corrected chi connectivity index (χ4v) is 6.71. The molecule has 5 rings (SSSR count). The maximum Gasteiger partial charge on any atom is 0.335 e. The second-order valence-electron chi connectivity index (χ2n) is 9.99. The molecule has 5 nitrogen and oxygen atoms in total. The number of benzene rings is 2. The van der Waals surface area contributed by atoms with E-state index in [2.05, 4.69) is 6.92 Å². The Hall–Kier alpha value is -2.92. The Balaban J connectivity index is 1.45. The first-order chi connectivity index (χ1) is 15.3. The van der Waals surface area contributed by atoms with E-state index < -0.39 is 18.0 Å². The van der Waals surface area contributed by atoms with E-state index >= 15 is 0 Å². The number of aromatic carboxylic acids is 1. The van der Waals surface area contributed by atoms with E-state index in [9.17, 15) is 19.8 Å². The van der Waals surface area contributed by atoms with Gasteiger partial charge in [-0.3, -0.25) is 4.79 Å². The quantitative estimate of drug-likeness (QED) is 0.671. The number of hydrogen-bond acceptors (Lipinski definition) is 3. The highest BCUT2D eigenvalue weighted by atomic mass is 16.4. The maximum absolute atomic E-state index is 11.5. The number of aryl methyl sites for hydroxylation is 1. The number of carboxylic acid groups (broad SMARTS) is 1. The number of primary amides is 1. The molecule has 2 aromatic carbocycles. The number of carbonyl (C=O) groups excluding carboxylic acids is 1. The van der Waals surface area contributed by atoms with E-state index in [1.807, 2.05) is 30.3 Å². The molecule has 166 valence electrons. The highest BCUT2D eigenvalue weighted by Gasteiger charge is 2.56. The van der Waals surface area contributed by atoms with Crippen molar-refractivity contribution in [1.29, 1.82) is 0 Å². The van der Waals surface area contributed by atoms with Crippen LogP contribution in [0, 0.1) is 17.3 Å². The molecule has 0 bridgehead atoms. The summed E-state index contributed by atoms with van der Waals surface area (Å²) in [5.74, 6) is -0.0409. The summed E-state index contributed by atoms with van der Waals surface area (Å²) >= 11 is 0. The lowest BCUT2D eigenvalue weighted by atomic mass is 9.55. The number of fused-ring (bicyclic) bond motifs is 5. The fourth-order valence-electron chi connectivity index (χ4n) is 6.71. The Bertz CT molecular complexity index is 1140. The van der Waals surface area contributed by atoms with Crippen molar-refractivity contribution in [3.05, 3.63) is 75.9 Å². The van der Waals surface area contributed by atoms with Gasteiger partial charge in [0.1, 0.15) is 0 Å². The lowest BCUT2D eigenvalue weighted by Crippen LogP contribution is -2.44. The normalized spacial score (nSPS) is 32.1. The van der Waals surface area contributed by atoms with Gasteiger partial charge in [0, 0.05) is 11.0 Å². The van der Waals surface area contributed by atoms with Gasteiger partial charge in [0.2, 0.25) is 5.91 Å². The lowest BCUT2D eigenvalue weighted by Gasteiger charge is -2.49. The number of hydrogen-bond donors (Lipinski definition) is 3. The van der Waals surface area contributed by atoms with Gasteiger partial charge < -0.3 is 15.9 Å². The van der Waals surface area contributed by atoms with Crippen molar-refractivity contribution in [2.24, 2.45) is 23.0 Å². The Morgan fingerprint density at radius 1 is 1.12 bits per heavy atom. The molecule has 0 spiro atoms. The monoisotopic (exact) mass is 431 g/mol. The number of rotatable bonds is 3. The molecule has 0 aromatic heterocycles. The van der Waals surface area contributed by atoms with Crippen LogP contribution in [0.15, 0.2) is 48.0 Å². The van der Waals surface area contributed by atoms with Gasteiger partial charge in [-0.25, -0.2) is 4.79 Å². The van der Waals surface area contributed by atoms with Crippen LogP contribution >= 0.6 is 0 Å². The molecule has 5 heteroatoms. The van der Waals surface area contributed by atoms with Crippen LogP contribution in [-0.2, 0) is 6.42 Å². The van der Waals surface area contributed by atoms with Gasteiger partial charge in [-0.1, -0.05) is 31.2 Å². The van der Waals surface area contributed by atoms with Crippen molar-refractivity contribution in [2.75, 3.05) is 0 Å². The van der Waals surface area contributed by atoms with Crippen LogP contribution in [0.2, 0.25) is 0 Å². The minimum Gasteiger partial charge on any atom is -0.478 e. The highest BCUT2D eigenvalue weighted by Crippen LogP contribution is 2.62. The molecule has 32 heavy (non-hydrogen) atoms. The van der Waals surface area contributed by atoms with E-state index in [1.54, 1.807) is 18.2 Å². The predicted octanol–water partition coefficient (Wildman–Crippen LogP) is 4.39. The Labute approximate surface area is 188 Å². The van der Waals surface area contributed by atoms with Crippen LogP contribution in [0.25, 0.3) is 6.08 Å². The van der Waals surface area contributed by atoms with Crippen molar-refractivity contribution in [1.82, 2.24) is 0 Å². The zero-order valence-corrected chi connectivity index (χ0v) is 18.3. The molecule has 0 unspecified atom stereocenters. The van der Waals surface area contributed by atoms with Crippen molar-refractivity contribution >= 4 is 18.0 Å².